The molecule has 0 bridgehead atoms. The van der Waals surface area contributed by atoms with Gasteiger partial charge < -0.3 is 0 Å². The largest absolute Gasteiger partial charge is 0.143 e. The van der Waals surface area contributed by atoms with Gasteiger partial charge in [-0.25, -0.2) is 0 Å². The van der Waals surface area contributed by atoms with Crippen molar-refractivity contribution in [3.63, 3.8) is 0 Å². The molecule has 0 saturated heterocycles. The summed E-state index contributed by atoms with van der Waals surface area (Å²) in [5, 5.41) is 4.28. The lowest BCUT2D eigenvalue weighted by Crippen LogP contribution is -1.81. The van der Waals surface area contributed by atoms with Crippen LogP contribution in [0, 0.1) is 3.57 Å². The molecule has 0 atom stereocenters. The molecule has 1 heterocycles. The number of halogens is 2. The van der Waals surface area contributed by atoms with Crippen molar-refractivity contribution in [3.05, 3.63) is 26.6 Å². The Balaban J connectivity index is 2.85. The minimum absolute atomic E-state index is 0.893. The van der Waals surface area contributed by atoms with Gasteiger partial charge in [0.2, 0.25) is 0 Å². The Hall–Kier alpha value is 0.740. The lowest BCUT2D eigenvalue weighted by atomic mass is 10.1. The summed E-state index contributed by atoms with van der Waals surface area (Å²) in [5.74, 6) is 0. The first-order chi connectivity index (χ1) is 6.22. The van der Waals surface area contributed by atoms with Crippen LogP contribution in [0.1, 0.15) is 5.56 Å². The van der Waals surface area contributed by atoms with Crippen molar-refractivity contribution in [3.8, 4) is 0 Å². The summed E-state index contributed by atoms with van der Waals surface area (Å²) in [6, 6.07) is 4.40. The van der Waals surface area contributed by atoms with Gasteiger partial charge in [-0.1, -0.05) is 15.9 Å². The van der Waals surface area contributed by atoms with Crippen molar-refractivity contribution >= 4 is 72.6 Å². The van der Waals surface area contributed by atoms with E-state index in [-0.39, 0.29) is 0 Å². The Morgan fingerprint density at radius 3 is 2.92 bits per heavy atom. The van der Waals surface area contributed by atoms with Crippen LogP contribution in [0.25, 0.3) is 10.1 Å². The van der Waals surface area contributed by atoms with Crippen LogP contribution in [-0.2, 0) is 5.33 Å². The summed E-state index contributed by atoms with van der Waals surface area (Å²) in [6.07, 6.45) is 0. The highest BCUT2D eigenvalue weighted by molar-refractivity contribution is 14.1. The van der Waals surface area contributed by atoms with E-state index in [0.717, 1.165) is 10.2 Å². The topological polar surface area (TPSA) is 0 Å². The smallest absolute Gasteiger partial charge is 0.0367 e. The standard InChI is InChI=1S/C9H6BrIS2/c10-3-5-1-6(11)2-8-9(5)7(12)4-13-8/h1-2,4,12H,3H2. The van der Waals surface area contributed by atoms with Crippen molar-refractivity contribution in [2.24, 2.45) is 0 Å². The van der Waals surface area contributed by atoms with Crippen molar-refractivity contribution in [2.45, 2.75) is 10.2 Å². The molecule has 68 valence electrons. The Morgan fingerprint density at radius 2 is 2.23 bits per heavy atom. The van der Waals surface area contributed by atoms with Gasteiger partial charge >= 0.3 is 0 Å². The zero-order valence-corrected chi connectivity index (χ0v) is 12.0. The average molecular weight is 385 g/mol. The summed E-state index contributed by atoms with van der Waals surface area (Å²) in [5.41, 5.74) is 1.33. The maximum Gasteiger partial charge on any atom is 0.0367 e. The number of thiophene rings is 1. The summed E-state index contributed by atoms with van der Waals surface area (Å²) in [7, 11) is 0. The van der Waals surface area contributed by atoms with Gasteiger partial charge in [-0.15, -0.1) is 24.0 Å². The number of benzene rings is 1. The quantitative estimate of drug-likeness (QED) is 0.411. The molecular weight excluding hydrogens is 379 g/mol. The zero-order chi connectivity index (χ0) is 9.42. The van der Waals surface area contributed by atoms with Crippen LogP contribution in [-0.4, -0.2) is 0 Å². The molecule has 0 aliphatic heterocycles. The molecule has 0 fully saturated rings. The molecule has 2 aromatic rings. The third-order valence-electron chi connectivity index (χ3n) is 1.85. The van der Waals surface area contributed by atoms with E-state index in [1.807, 2.05) is 0 Å². The van der Waals surface area contributed by atoms with Gasteiger partial charge in [-0.3, -0.25) is 0 Å². The number of rotatable bonds is 1. The Labute approximate surface area is 108 Å². The fraction of sp³-hybridized carbons (Fsp3) is 0.111. The Bertz CT molecular complexity index is 450. The SMILES string of the molecule is Sc1csc2cc(I)cc(CBr)c12. The van der Waals surface area contributed by atoms with Crippen molar-refractivity contribution in [2.75, 3.05) is 0 Å². The maximum atomic E-state index is 4.45. The van der Waals surface area contributed by atoms with E-state index in [0.29, 0.717) is 0 Å². The number of hydrogen-bond acceptors (Lipinski definition) is 2. The van der Waals surface area contributed by atoms with Gasteiger partial charge in [0.05, 0.1) is 0 Å². The van der Waals surface area contributed by atoms with E-state index < -0.39 is 0 Å². The summed E-state index contributed by atoms with van der Waals surface area (Å²) in [4.78, 5) is 1.09. The molecule has 0 nitrogen and oxygen atoms in total. The number of alkyl halides is 1. The monoisotopic (exact) mass is 384 g/mol. The maximum absolute atomic E-state index is 4.45. The van der Waals surface area contributed by atoms with Crippen LogP contribution in [0.4, 0.5) is 0 Å². The number of thiol groups is 1. The van der Waals surface area contributed by atoms with Gasteiger partial charge in [-0.2, -0.15) is 0 Å². The normalized spacial score (nSPS) is 11.0. The molecule has 1 aromatic carbocycles. The molecule has 0 radical (unpaired) electrons. The molecule has 0 amide bonds. The summed E-state index contributed by atoms with van der Waals surface area (Å²) >= 11 is 12.0. The van der Waals surface area contributed by atoms with Gasteiger partial charge in [-0.05, 0) is 40.3 Å². The van der Waals surface area contributed by atoms with Crippen LogP contribution in [0.2, 0.25) is 0 Å². The minimum atomic E-state index is 0.893. The fourth-order valence-corrected chi connectivity index (χ4v) is 4.05. The first kappa shape index (κ1) is 10.3. The second-order valence-electron chi connectivity index (χ2n) is 2.69. The minimum Gasteiger partial charge on any atom is -0.143 e. The fourth-order valence-electron chi connectivity index (χ4n) is 1.30. The number of hydrogen-bond donors (Lipinski definition) is 1. The summed E-state index contributed by atoms with van der Waals surface area (Å²) < 4.78 is 2.61. The first-order valence-corrected chi connectivity index (χ1v) is 7.19. The van der Waals surface area contributed by atoms with E-state index in [2.05, 4.69) is 68.7 Å². The average Bonchev–Trinajstić information content (AvgIpc) is 2.46. The number of fused-ring (bicyclic) bond motifs is 1. The second kappa shape index (κ2) is 4.08. The van der Waals surface area contributed by atoms with Crippen molar-refractivity contribution in [1.29, 1.82) is 0 Å². The molecule has 1 aromatic heterocycles. The molecule has 0 spiro atoms. The highest BCUT2D eigenvalue weighted by Crippen LogP contribution is 2.33. The molecule has 4 heteroatoms. The highest BCUT2D eigenvalue weighted by atomic mass is 127. The molecule has 2 rings (SSSR count). The highest BCUT2D eigenvalue weighted by Gasteiger charge is 2.06. The second-order valence-corrected chi connectivity index (χ2v) is 5.89. The summed E-state index contributed by atoms with van der Waals surface area (Å²) in [6.45, 7) is 0. The molecule has 0 aliphatic rings. The van der Waals surface area contributed by atoms with Gasteiger partial charge in [0, 0.05) is 29.3 Å². The Morgan fingerprint density at radius 1 is 1.46 bits per heavy atom. The van der Waals surface area contributed by atoms with E-state index >= 15 is 0 Å². The van der Waals surface area contributed by atoms with Crippen LogP contribution in [0.5, 0.6) is 0 Å². The van der Waals surface area contributed by atoms with E-state index in [4.69, 9.17) is 0 Å². The molecular formula is C9H6BrIS2. The molecule has 13 heavy (non-hydrogen) atoms. The van der Waals surface area contributed by atoms with E-state index in [1.165, 1.54) is 19.2 Å². The predicted molar refractivity (Wildman–Crippen MR) is 74.4 cm³/mol. The van der Waals surface area contributed by atoms with Crippen LogP contribution < -0.4 is 0 Å². The van der Waals surface area contributed by atoms with E-state index in [1.54, 1.807) is 11.3 Å². The zero-order valence-electron chi connectivity index (χ0n) is 6.55. The predicted octanol–water partition coefficient (Wildman–Crippen LogP) is 4.69. The van der Waals surface area contributed by atoms with Gasteiger partial charge in [0.15, 0.2) is 0 Å². The van der Waals surface area contributed by atoms with Crippen LogP contribution in [0.3, 0.4) is 0 Å². The van der Waals surface area contributed by atoms with Gasteiger partial charge in [0.1, 0.15) is 0 Å². The Kier molecular flexibility index (Phi) is 3.22. The lowest BCUT2D eigenvalue weighted by Gasteiger charge is -2.01. The molecule has 0 aliphatic carbocycles. The lowest BCUT2D eigenvalue weighted by molar-refractivity contribution is 1.45. The van der Waals surface area contributed by atoms with Crippen LogP contribution in [0.15, 0.2) is 22.4 Å². The molecule has 0 unspecified atom stereocenters. The van der Waals surface area contributed by atoms with Crippen molar-refractivity contribution in [1.82, 2.24) is 0 Å². The first-order valence-electron chi connectivity index (χ1n) is 3.67. The van der Waals surface area contributed by atoms with Gasteiger partial charge in [0.25, 0.3) is 0 Å². The van der Waals surface area contributed by atoms with Crippen LogP contribution >= 0.6 is 62.5 Å². The third-order valence-corrected chi connectivity index (χ3v) is 4.53. The molecule has 0 N–H and O–H groups in total. The third kappa shape index (κ3) is 1.91. The molecule has 0 saturated carbocycles. The van der Waals surface area contributed by atoms with E-state index in [9.17, 15) is 0 Å². The van der Waals surface area contributed by atoms with Crippen molar-refractivity contribution < 1.29 is 0 Å².